The topological polar surface area (TPSA) is 92.1 Å². The molecule has 9 heteroatoms. The molecular weight excluding hydrogens is 481 g/mol. The van der Waals surface area contributed by atoms with Gasteiger partial charge in [0.1, 0.15) is 11.6 Å². The van der Waals surface area contributed by atoms with Crippen LogP contribution in [0.5, 0.6) is 0 Å². The molecule has 2 aromatic heterocycles. The molecule has 0 unspecified atom stereocenters. The summed E-state index contributed by atoms with van der Waals surface area (Å²) in [5.41, 5.74) is 5.09. The Morgan fingerprint density at radius 1 is 1.13 bits per heavy atom. The first-order valence-electron chi connectivity index (χ1n) is 12.6. The predicted octanol–water partition coefficient (Wildman–Crippen LogP) is 4.17. The number of hydrogen-bond acceptors (Lipinski definition) is 6. The second kappa shape index (κ2) is 10.2. The van der Waals surface area contributed by atoms with Crippen molar-refractivity contribution in [1.82, 2.24) is 25.0 Å². The third kappa shape index (κ3) is 4.48. The largest absolute Gasteiger partial charge is 0.366 e. The maximum absolute atomic E-state index is 16.3. The normalized spacial score (nSPS) is 14.2. The Balaban J connectivity index is 1.53. The zero-order chi connectivity index (χ0) is 27.0. The molecule has 1 N–H and O–H groups in total. The molecule has 5 rings (SSSR count). The van der Waals surface area contributed by atoms with Crippen molar-refractivity contribution in [3.05, 3.63) is 65.3 Å². The number of halogens is 1. The van der Waals surface area contributed by atoms with Gasteiger partial charge in [0.05, 0.1) is 23.0 Å². The van der Waals surface area contributed by atoms with Crippen LogP contribution in [0.3, 0.4) is 0 Å². The smallest absolute Gasteiger partial charge is 0.246 e. The van der Waals surface area contributed by atoms with Crippen molar-refractivity contribution in [1.29, 1.82) is 5.26 Å². The molecule has 1 amide bonds. The SMILES string of the molecule is Cc1cc2c(N3CCN(C(=O)/C=C/CN(C)C)CC3)c(C#N)cnc2c(F)c1-c1c(C)ccc2[nH]ncc12. The molecule has 8 nitrogen and oxygen atoms in total. The third-order valence-electron chi connectivity index (χ3n) is 7.11. The number of fused-ring (bicyclic) bond motifs is 2. The molecule has 1 aliphatic rings. The van der Waals surface area contributed by atoms with Crippen LogP contribution in [0.4, 0.5) is 10.1 Å². The minimum Gasteiger partial charge on any atom is -0.366 e. The maximum Gasteiger partial charge on any atom is 0.246 e. The number of pyridine rings is 1. The Morgan fingerprint density at radius 2 is 1.89 bits per heavy atom. The Bertz CT molecular complexity index is 1610. The highest BCUT2D eigenvalue weighted by molar-refractivity contribution is 6.03. The van der Waals surface area contributed by atoms with Gasteiger partial charge in [0, 0.05) is 61.3 Å². The van der Waals surface area contributed by atoms with Gasteiger partial charge in [-0.2, -0.15) is 10.4 Å². The monoisotopic (exact) mass is 511 g/mol. The summed E-state index contributed by atoms with van der Waals surface area (Å²) in [5.74, 6) is -0.440. The summed E-state index contributed by atoms with van der Waals surface area (Å²) >= 11 is 0. The molecule has 1 saturated heterocycles. The van der Waals surface area contributed by atoms with Gasteiger partial charge < -0.3 is 14.7 Å². The van der Waals surface area contributed by atoms with Crippen molar-refractivity contribution in [2.45, 2.75) is 13.8 Å². The molecule has 0 bridgehead atoms. The van der Waals surface area contributed by atoms with Crippen LogP contribution in [-0.2, 0) is 4.79 Å². The van der Waals surface area contributed by atoms with E-state index >= 15 is 4.39 Å². The van der Waals surface area contributed by atoms with Crippen LogP contribution in [-0.4, -0.2) is 77.7 Å². The third-order valence-corrected chi connectivity index (χ3v) is 7.11. The fraction of sp³-hybridized carbons (Fsp3) is 0.310. The molecule has 194 valence electrons. The lowest BCUT2D eigenvalue weighted by Gasteiger charge is -2.36. The average Bonchev–Trinajstić information content (AvgIpc) is 3.38. The molecule has 0 spiro atoms. The number of nitrogens with one attached hydrogen (secondary N) is 1. The summed E-state index contributed by atoms with van der Waals surface area (Å²) in [6, 6.07) is 8.05. The lowest BCUT2D eigenvalue weighted by Crippen LogP contribution is -2.48. The van der Waals surface area contributed by atoms with Gasteiger partial charge in [-0.3, -0.25) is 14.9 Å². The van der Waals surface area contributed by atoms with Gasteiger partial charge in [0.25, 0.3) is 0 Å². The Labute approximate surface area is 221 Å². The molecule has 38 heavy (non-hydrogen) atoms. The number of aryl methyl sites for hydroxylation is 2. The lowest BCUT2D eigenvalue weighted by molar-refractivity contribution is -0.126. The van der Waals surface area contributed by atoms with E-state index in [0.717, 1.165) is 27.6 Å². The number of hydrogen-bond donors (Lipinski definition) is 1. The highest BCUT2D eigenvalue weighted by atomic mass is 19.1. The van der Waals surface area contributed by atoms with E-state index in [0.29, 0.717) is 54.9 Å². The van der Waals surface area contributed by atoms with Gasteiger partial charge >= 0.3 is 0 Å². The number of H-pyrrole nitrogens is 1. The van der Waals surface area contributed by atoms with E-state index < -0.39 is 5.82 Å². The fourth-order valence-corrected chi connectivity index (χ4v) is 5.22. The molecule has 4 aromatic rings. The van der Waals surface area contributed by atoms with Crippen LogP contribution in [0.1, 0.15) is 16.7 Å². The van der Waals surface area contributed by atoms with Gasteiger partial charge in [-0.05, 0) is 56.8 Å². The molecule has 0 atom stereocenters. The van der Waals surface area contributed by atoms with Crippen LogP contribution < -0.4 is 4.90 Å². The zero-order valence-corrected chi connectivity index (χ0v) is 22.0. The van der Waals surface area contributed by atoms with E-state index in [1.54, 1.807) is 17.2 Å². The number of carbonyl (C=O) groups is 1. The number of benzene rings is 2. The number of nitriles is 1. The first-order chi connectivity index (χ1) is 18.3. The molecule has 0 aliphatic carbocycles. The average molecular weight is 512 g/mol. The summed E-state index contributed by atoms with van der Waals surface area (Å²) in [7, 11) is 3.90. The molecule has 3 heterocycles. The molecule has 0 saturated carbocycles. The van der Waals surface area contributed by atoms with E-state index in [1.165, 1.54) is 6.20 Å². The summed E-state index contributed by atoms with van der Waals surface area (Å²) in [4.78, 5) is 22.9. The van der Waals surface area contributed by atoms with Crippen molar-refractivity contribution in [2.24, 2.45) is 0 Å². The molecule has 1 aliphatic heterocycles. The van der Waals surface area contributed by atoms with Crippen molar-refractivity contribution in [2.75, 3.05) is 51.7 Å². The maximum atomic E-state index is 16.3. The first kappa shape index (κ1) is 25.4. The molecule has 0 radical (unpaired) electrons. The van der Waals surface area contributed by atoms with Crippen molar-refractivity contribution < 1.29 is 9.18 Å². The van der Waals surface area contributed by atoms with Crippen LogP contribution in [0.2, 0.25) is 0 Å². The standard InChI is InChI=1S/C29H30FN7O/c1-18-7-8-23-22(17-33-34-23)25(18)26-19(2)14-21-28(27(26)30)32-16-20(15-31)29(21)37-12-10-36(11-13-37)24(38)6-5-9-35(3)4/h5-8,14,16-17H,9-13H2,1-4H3,(H,33,34)/b6-5+. The van der Waals surface area contributed by atoms with Crippen molar-refractivity contribution in [3.8, 4) is 17.2 Å². The number of likely N-dealkylation sites (N-methyl/N-ethyl adjacent to an activating group) is 1. The quantitative estimate of drug-likeness (QED) is 0.405. The number of anilines is 1. The number of aromatic nitrogens is 3. The number of rotatable bonds is 5. The number of amides is 1. The predicted molar refractivity (Wildman–Crippen MR) is 147 cm³/mol. The molecule has 2 aromatic carbocycles. The van der Waals surface area contributed by atoms with Gasteiger partial charge in [0.15, 0.2) is 5.82 Å². The van der Waals surface area contributed by atoms with Crippen LogP contribution in [0.25, 0.3) is 32.9 Å². The number of piperazine rings is 1. The number of carbonyl (C=O) groups excluding carboxylic acids is 1. The summed E-state index contributed by atoms with van der Waals surface area (Å²) in [6.45, 7) is 6.65. The Hall–Kier alpha value is -4.29. The zero-order valence-electron chi connectivity index (χ0n) is 22.0. The van der Waals surface area contributed by atoms with E-state index in [1.807, 2.05) is 57.1 Å². The van der Waals surface area contributed by atoms with Gasteiger partial charge in [-0.25, -0.2) is 4.39 Å². The van der Waals surface area contributed by atoms with Crippen molar-refractivity contribution >= 4 is 33.4 Å². The van der Waals surface area contributed by atoms with Gasteiger partial charge in [-0.15, -0.1) is 0 Å². The highest BCUT2D eigenvalue weighted by Crippen LogP contribution is 2.40. The Kier molecular flexibility index (Phi) is 6.83. The summed E-state index contributed by atoms with van der Waals surface area (Å²) in [5, 5.41) is 18.5. The van der Waals surface area contributed by atoms with E-state index in [-0.39, 0.29) is 11.4 Å². The van der Waals surface area contributed by atoms with Crippen LogP contribution >= 0.6 is 0 Å². The minimum absolute atomic E-state index is 0.0260. The second-order valence-electron chi connectivity index (χ2n) is 9.98. The number of aromatic amines is 1. The van der Waals surface area contributed by atoms with E-state index in [2.05, 4.69) is 26.2 Å². The summed E-state index contributed by atoms with van der Waals surface area (Å²) < 4.78 is 16.3. The fourth-order valence-electron chi connectivity index (χ4n) is 5.22. The van der Waals surface area contributed by atoms with Gasteiger partial charge in [0.2, 0.25) is 5.91 Å². The van der Waals surface area contributed by atoms with Crippen molar-refractivity contribution in [3.63, 3.8) is 0 Å². The highest BCUT2D eigenvalue weighted by Gasteiger charge is 2.26. The van der Waals surface area contributed by atoms with Crippen LogP contribution in [0, 0.1) is 31.0 Å². The molecular formula is C29H30FN7O. The Morgan fingerprint density at radius 3 is 2.61 bits per heavy atom. The van der Waals surface area contributed by atoms with Crippen LogP contribution in [0.15, 0.2) is 42.7 Å². The molecule has 1 fully saturated rings. The van der Waals surface area contributed by atoms with Gasteiger partial charge in [-0.1, -0.05) is 12.1 Å². The van der Waals surface area contributed by atoms with E-state index in [9.17, 15) is 10.1 Å². The summed E-state index contributed by atoms with van der Waals surface area (Å²) in [6.07, 6.45) is 6.64. The lowest BCUT2D eigenvalue weighted by atomic mass is 9.91. The first-order valence-corrected chi connectivity index (χ1v) is 12.6. The number of nitrogens with zero attached hydrogens (tertiary/aromatic N) is 6. The second-order valence-corrected chi connectivity index (χ2v) is 9.98. The minimum atomic E-state index is -0.414. The van der Waals surface area contributed by atoms with E-state index in [4.69, 9.17) is 0 Å².